The van der Waals surface area contributed by atoms with E-state index in [4.69, 9.17) is 5.11 Å². The molecule has 1 unspecified atom stereocenters. The molecule has 0 aromatic rings. The van der Waals surface area contributed by atoms with E-state index in [0.717, 1.165) is 12.8 Å². The summed E-state index contributed by atoms with van der Waals surface area (Å²) in [6, 6.07) is 0.659. The van der Waals surface area contributed by atoms with Gasteiger partial charge in [-0.2, -0.15) is 0 Å². The fourth-order valence-corrected chi connectivity index (χ4v) is 3.32. The van der Waals surface area contributed by atoms with Gasteiger partial charge in [0.1, 0.15) is 0 Å². The molecule has 1 rings (SSSR count). The van der Waals surface area contributed by atoms with Gasteiger partial charge in [-0.1, -0.05) is 0 Å². The highest BCUT2D eigenvalue weighted by Gasteiger charge is 2.44. The summed E-state index contributed by atoms with van der Waals surface area (Å²) in [5, 5.41) is 8.93. The molecule has 0 amide bonds. The van der Waals surface area contributed by atoms with Gasteiger partial charge in [-0.05, 0) is 60.3 Å². The van der Waals surface area contributed by atoms with Crippen LogP contribution in [-0.2, 0) is 0 Å². The van der Waals surface area contributed by atoms with E-state index in [2.05, 4.69) is 39.5 Å². The van der Waals surface area contributed by atoms with Crippen molar-refractivity contribution in [2.75, 3.05) is 6.61 Å². The van der Waals surface area contributed by atoms with Crippen LogP contribution in [0.5, 0.6) is 0 Å². The normalized spacial score (nSPS) is 27.2. The lowest BCUT2D eigenvalue weighted by atomic mass is 9.95. The van der Waals surface area contributed by atoms with Gasteiger partial charge in [0, 0.05) is 23.7 Å². The predicted molar refractivity (Wildman–Crippen MR) is 65.0 cm³/mol. The molecule has 90 valence electrons. The number of aliphatic hydroxyl groups is 1. The Hall–Kier alpha value is -0.0800. The minimum Gasteiger partial charge on any atom is -0.396 e. The average molecular weight is 213 g/mol. The number of hydrogen-bond donors (Lipinski definition) is 1. The molecule has 0 aromatic heterocycles. The number of hydrogen-bond acceptors (Lipinski definition) is 2. The Bertz CT molecular complexity index is 205. The van der Waals surface area contributed by atoms with Gasteiger partial charge >= 0.3 is 0 Å². The highest BCUT2D eigenvalue weighted by Crippen LogP contribution is 2.40. The van der Waals surface area contributed by atoms with E-state index in [9.17, 15) is 0 Å². The Balaban J connectivity index is 2.73. The first-order valence-corrected chi connectivity index (χ1v) is 6.19. The van der Waals surface area contributed by atoms with Crippen LogP contribution in [0.15, 0.2) is 0 Å². The summed E-state index contributed by atoms with van der Waals surface area (Å²) in [6.45, 7) is 11.9. The molecule has 0 bridgehead atoms. The van der Waals surface area contributed by atoms with Crippen molar-refractivity contribution in [3.8, 4) is 0 Å². The van der Waals surface area contributed by atoms with Crippen molar-refractivity contribution in [3.05, 3.63) is 0 Å². The Labute approximate surface area is 94.7 Å². The molecule has 0 spiro atoms. The monoisotopic (exact) mass is 213 g/mol. The zero-order valence-electron chi connectivity index (χ0n) is 11.0. The minimum atomic E-state index is 0.236. The number of rotatable bonds is 3. The second-order valence-electron chi connectivity index (χ2n) is 6.41. The lowest BCUT2D eigenvalue weighted by molar-refractivity contribution is 0.0250. The molecule has 2 heteroatoms. The third kappa shape index (κ3) is 2.94. The van der Waals surface area contributed by atoms with Crippen molar-refractivity contribution in [2.45, 2.75) is 77.4 Å². The quantitative estimate of drug-likeness (QED) is 0.779. The van der Waals surface area contributed by atoms with Gasteiger partial charge in [-0.15, -0.1) is 0 Å². The summed E-state index contributed by atoms with van der Waals surface area (Å²) < 4.78 is 0. The van der Waals surface area contributed by atoms with Crippen molar-refractivity contribution >= 4 is 0 Å². The van der Waals surface area contributed by atoms with Gasteiger partial charge in [0.25, 0.3) is 0 Å². The number of likely N-dealkylation sites (tertiary alicyclic amines) is 1. The van der Waals surface area contributed by atoms with E-state index < -0.39 is 0 Å². The Morgan fingerprint density at radius 1 is 1.33 bits per heavy atom. The van der Waals surface area contributed by atoms with Crippen LogP contribution in [0.4, 0.5) is 0 Å². The van der Waals surface area contributed by atoms with Gasteiger partial charge in [-0.25, -0.2) is 0 Å². The van der Waals surface area contributed by atoms with Crippen LogP contribution in [0, 0.1) is 0 Å². The molecule has 1 aliphatic rings. The molecule has 15 heavy (non-hydrogen) atoms. The first-order valence-electron chi connectivity index (χ1n) is 6.19. The lowest BCUT2D eigenvalue weighted by Gasteiger charge is -2.46. The van der Waals surface area contributed by atoms with Gasteiger partial charge in [0.2, 0.25) is 0 Å². The number of nitrogens with zero attached hydrogens (tertiary/aromatic N) is 1. The minimum absolute atomic E-state index is 0.236. The molecule has 1 fully saturated rings. The van der Waals surface area contributed by atoms with E-state index in [0.29, 0.717) is 18.2 Å². The first-order chi connectivity index (χ1) is 6.79. The smallest absolute Gasteiger partial charge is 0.0431 e. The van der Waals surface area contributed by atoms with Crippen molar-refractivity contribution in [1.29, 1.82) is 0 Å². The third-order valence-electron chi connectivity index (χ3n) is 3.52. The summed E-state index contributed by atoms with van der Waals surface area (Å²) in [6.07, 6.45) is 4.63. The van der Waals surface area contributed by atoms with Crippen LogP contribution in [0.3, 0.4) is 0 Å². The Morgan fingerprint density at radius 2 is 1.93 bits per heavy atom. The molecule has 1 atom stereocenters. The van der Waals surface area contributed by atoms with Crippen molar-refractivity contribution in [3.63, 3.8) is 0 Å². The zero-order chi connectivity index (χ0) is 11.7. The SMILES string of the molecule is CC(C)(C)N1C(CCCO)CCC1(C)C. The van der Waals surface area contributed by atoms with Crippen molar-refractivity contribution < 1.29 is 5.11 Å². The highest BCUT2D eigenvalue weighted by molar-refractivity contribution is 5.00. The van der Waals surface area contributed by atoms with Gasteiger partial charge in [0.15, 0.2) is 0 Å². The molecular formula is C13H27NO. The molecule has 1 saturated heterocycles. The van der Waals surface area contributed by atoms with E-state index in [1.807, 2.05) is 0 Å². The van der Waals surface area contributed by atoms with Crippen LogP contribution >= 0.6 is 0 Å². The standard InChI is InChI=1S/C13H27NO/c1-12(2,3)14-11(7-6-10-15)8-9-13(14,4)5/h11,15H,6-10H2,1-5H3. The maximum absolute atomic E-state index is 8.93. The van der Waals surface area contributed by atoms with Crippen LogP contribution in [0.2, 0.25) is 0 Å². The van der Waals surface area contributed by atoms with E-state index in [1.165, 1.54) is 12.8 Å². The molecule has 0 radical (unpaired) electrons. The maximum atomic E-state index is 8.93. The third-order valence-corrected chi connectivity index (χ3v) is 3.52. The van der Waals surface area contributed by atoms with Crippen LogP contribution in [0.1, 0.15) is 60.3 Å². The largest absolute Gasteiger partial charge is 0.396 e. The summed E-state index contributed by atoms with van der Waals surface area (Å²) in [4.78, 5) is 2.65. The average Bonchev–Trinajstić information content (AvgIpc) is 2.36. The zero-order valence-corrected chi connectivity index (χ0v) is 11.0. The second kappa shape index (κ2) is 4.42. The fraction of sp³-hybridized carbons (Fsp3) is 1.00. The van der Waals surface area contributed by atoms with Crippen molar-refractivity contribution in [2.24, 2.45) is 0 Å². The molecule has 0 saturated carbocycles. The predicted octanol–water partition coefficient (Wildman–Crippen LogP) is 2.80. The van der Waals surface area contributed by atoms with E-state index in [1.54, 1.807) is 0 Å². The molecule has 1 heterocycles. The van der Waals surface area contributed by atoms with Gasteiger partial charge in [0.05, 0.1) is 0 Å². The Kier molecular flexibility index (Phi) is 3.83. The molecule has 0 aromatic carbocycles. The summed E-state index contributed by atoms with van der Waals surface area (Å²) >= 11 is 0. The summed E-state index contributed by atoms with van der Waals surface area (Å²) in [5.74, 6) is 0. The summed E-state index contributed by atoms with van der Waals surface area (Å²) in [5.41, 5.74) is 0.554. The van der Waals surface area contributed by atoms with Crippen LogP contribution in [-0.4, -0.2) is 33.7 Å². The topological polar surface area (TPSA) is 23.5 Å². The second-order valence-corrected chi connectivity index (χ2v) is 6.41. The van der Waals surface area contributed by atoms with Crippen LogP contribution in [0.25, 0.3) is 0 Å². The number of aliphatic hydroxyl groups excluding tert-OH is 1. The van der Waals surface area contributed by atoms with Gasteiger partial charge < -0.3 is 5.11 Å². The molecule has 0 aliphatic carbocycles. The molecule has 1 N–H and O–H groups in total. The highest BCUT2D eigenvalue weighted by atomic mass is 16.2. The van der Waals surface area contributed by atoms with Crippen LogP contribution < -0.4 is 0 Å². The lowest BCUT2D eigenvalue weighted by Crippen LogP contribution is -2.53. The van der Waals surface area contributed by atoms with Crippen molar-refractivity contribution in [1.82, 2.24) is 4.90 Å². The fourth-order valence-electron chi connectivity index (χ4n) is 3.32. The van der Waals surface area contributed by atoms with E-state index >= 15 is 0 Å². The molecular weight excluding hydrogens is 186 g/mol. The summed E-state index contributed by atoms with van der Waals surface area (Å²) in [7, 11) is 0. The molecule has 2 nitrogen and oxygen atoms in total. The van der Waals surface area contributed by atoms with E-state index in [-0.39, 0.29) is 5.54 Å². The molecule has 1 aliphatic heterocycles. The van der Waals surface area contributed by atoms with Gasteiger partial charge in [-0.3, -0.25) is 4.90 Å². The first kappa shape index (κ1) is 13.0. The Morgan fingerprint density at radius 3 is 2.40 bits per heavy atom. The maximum Gasteiger partial charge on any atom is 0.0431 e.